The quantitative estimate of drug-likeness (QED) is 0.411. The lowest BCUT2D eigenvalue weighted by molar-refractivity contribution is 0.999. The molecule has 0 heterocycles. The summed E-state index contributed by atoms with van der Waals surface area (Å²) in [6.45, 7) is 3.69. The normalized spacial score (nSPS) is 8.50. The lowest BCUT2D eigenvalue weighted by Crippen LogP contribution is -1.77. The van der Waals surface area contributed by atoms with E-state index in [-0.39, 0.29) is 0 Å². The highest BCUT2D eigenvalue weighted by Crippen LogP contribution is 2.01. The van der Waals surface area contributed by atoms with E-state index >= 15 is 0 Å². The van der Waals surface area contributed by atoms with Gasteiger partial charge in [-0.1, -0.05) is 0 Å². The first-order valence-corrected chi connectivity index (χ1v) is 3.87. The van der Waals surface area contributed by atoms with Gasteiger partial charge in [-0.15, -0.1) is 12.3 Å². The average molecular weight is 127 g/mol. The van der Waals surface area contributed by atoms with Crippen molar-refractivity contribution in [2.75, 3.05) is 11.5 Å². The van der Waals surface area contributed by atoms with Gasteiger partial charge in [0.05, 0.1) is 0 Å². The summed E-state index contributed by atoms with van der Waals surface area (Å²) in [5, 5.41) is 0. The van der Waals surface area contributed by atoms with E-state index < -0.39 is 0 Å². The molecule has 0 N–H and O–H groups in total. The third-order valence-corrected chi connectivity index (χ3v) is 1.62. The van der Waals surface area contributed by atoms with E-state index in [2.05, 4.69) is 12.8 Å². The largest absolute Gasteiger partial charge is 0.162 e. The van der Waals surface area contributed by atoms with Gasteiger partial charge in [0.25, 0.3) is 0 Å². The van der Waals surface area contributed by atoms with Crippen LogP contribution in [0.2, 0.25) is 0 Å². The standard InChI is InChI=1S/C7H11S/c1-3-5-6-7-8-4-2/h1H,2,4-7H2. The fourth-order valence-electron chi connectivity index (χ4n) is 0.378. The summed E-state index contributed by atoms with van der Waals surface area (Å²) in [7, 11) is 0. The van der Waals surface area contributed by atoms with Gasteiger partial charge in [-0.3, -0.25) is 0 Å². The molecule has 0 aliphatic heterocycles. The van der Waals surface area contributed by atoms with Crippen LogP contribution >= 0.6 is 11.8 Å². The van der Waals surface area contributed by atoms with Crippen molar-refractivity contribution in [1.82, 2.24) is 0 Å². The minimum Gasteiger partial charge on any atom is -0.162 e. The Bertz CT molecular complexity index is 70.9. The van der Waals surface area contributed by atoms with Crippen LogP contribution in [0, 0.1) is 19.3 Å². The van der Waals surface area contributed by atoms with E-state index in [4.69, 9.17) is 6.42 Å². The van der Waals surface area contributed by atoms with Crippen LogP contribution in [0.4, 0.5) is 0 Å². The Morgan fingerprint density at radius 3 is 2.88 bits per heavy atom. The van der Waals surface area contributed by atoms with Crippen molar-refractivity contribution >= 4 is 11.8 Å². The topological polar surface area (TPSA) is 0 Å². The van der Waals surface area contributed by atoms with E-state index in [0.29, 0.717) is 0 Å². The Kier molecular flexibility index (Phi) is 6.83. The minimum absolute atomic E-state index is 0.910. The first-order valence-electron chi connectivity index (χ1n) is 2.72. The molecule has 0 aromatic rings. The van der Waals surface area contributed by atoms with Crippen LogP contribution < -0.4 is 0 Å². The van der Waals surface area contributed by atoms with Gasteiger partial charge in [-0.2, -0.15) is 11.8 Å². The van der Waals surface area contributed by atoms with Gasteiger partial charge in [0.1, 0.15) is 0 Å². The first kappa shape index (κ1) is 7.91. The molecule has 1 radical (unpaired) electrons. The molecule has 0 rings (SSSR count). The highest BCUT2D eigenvalue weighted by molar-refractivity contribution is 7.99. The van der Waals surface area contributed by atoms with Crippen molar-refractivity contribution in [3.05, 3.63) is 6.92 Å². The second kappa shape index (κ2) is 6.91. The smallest absolute Gasteiger partial charge is 0.00939 e. The van der Waals surface area contributed by atoms with Crippen molar-refractivity contribution in [3.63, 3.8) is 0 Å². The second-order valence-corrected chi connectivity index (χ2v) is 2.64. The van der Waals surface area contributed by atoms with Crippen molar-refractivity contribution in [2.24, 2.45) is 0 Å². The van der Waals surface area contributed by atoms with E-state index in [9.17, 15) is 0 Å². The summed E-state index contributed by atoms with van der Waals surface area (Å²) in [5.74, 6) is 4.72. The molecule has 0 aromatic heterocycles. The Balaban J connectivity index is 2.65. The maximum atomic E-state index is 5.04. The molecule has 0 aromatic carbocycles. The van der Waals surface area contributed by atoms with Crippen LogP contribution in [0.5, 0.6) is 0 Å². The molecular weight excluding hydrogens is 116 g/mol. The van der Waals surface area contributed by atoms with Crippen LogP contribution in [0.1, 0.15) is 12.8 Å². The van der Waals surface area contributed by atoms with Crippen LogP contribution in [0.25, 0.3) is 0 Å². The molecule has 0 amide bonds. The van der Waals surface area contributed by atoms with Crippen LogP contribution in [-0.2, 0) is 0 Å². The molecule has 0 bridgehead atoms. The third-order valence-electron chi connectivity index (χ3n) is 0.754. The highest BCUT2D eigenvalue weighted by atomic mass is 32.2. The van der Waals surface area contributed by atoms with Crippen molar-refractivity contribution in [3.8, 4) is 12.3 Å². The van der Waals surface area contributed by atoms with Crippen LogP contribution in [0.3, 0.4) is 0 Å². The van der Waals surface area contributed by atoms with E-state index in [0.717, 1.165) is 24.3 Å². The van der Waals surface area contributed by atoms with Crippen molar-refractivity contribution in [1.29, 1.82) is 0 Å². The monoisotopic (exact) mass is 127 g/mol. The predicted molar refractivity (Wildman–Crippen MR) is 40.7 cm³/mol. The zero-order valence-corrected chi connectivity index (χ0v) is 5.84. The molecule has 0 fully saturated rings. The van der Waals surface area contributed by atoms with E-state index in [1.54, 1.807) is 0 Å². The molecule has 0 saturated heterocycles. The molecular formula is C7H11S. The molecule has 1 heteroatoms. The zero-order chi connectivity index (χ0) is 6.24. The summed E-state index contributed by atoms with van der Waals surface area (Å²) in [4.78, 5) is 0. The molecule has 45 valence electrons. The molecule has 8 heavy (non-hydrogen) atoms. The summed E-state index contributed by atoms with van der Waals surface area (Å²) in [6.07, 6.45) is 7.08. The minimum atomic E-state index is 0.910. The average Bonchev–Trinajstić information content (AvgIpc) is 1.81. The Morgan fingerprint density at radius 1 is 1.62 bits per heavy atom. The zero-order valence-electron chi connectivity index (χ0n) is 5.02. The van der Waals surface area contributed by atoms with Crippen molar-refractivity contribution < 1.29 is 0 Å². The summed E-state index contributed by atoms with van der Waals surface area (Å²) in [6, 6.07) is 0. The second-order valence-electron chi connectivity index (χ2n) is 1.42. The molecule has 0 spiro atoms. The third kappa shape index (κ3) is 5.91. The fraction of sp³-hybridized carbons (Fsp3) is 0.571. The van der Waals surface area contributed by atoms with Gasteiger partial charge in [-0.05, 0) is 24.9 Å². The maximum absolute atomic E-state index is 5.04. The van der Waals surface area contributed by atoms with Gasteiger partial charge >= 0.3 is 0 Å². The molecule has 0 saturated carbocycles. The number of terminal acetylenes is 1. The lowest BCUT2D eigenvalue weighted by Gasteiger charge is -1.90. The van der Waals surface area contributed by atoms with Gasteiger partial charge in [0, 0.05) is 6.42 Å². The number of unbranched alkanes of at least 4 members (excludes halogenated alkanes) is 1. The van der Waals surface area contributed by atoms with Gasteiger partial charge in [0.2, 0.25) is 0 Å². The Morgan fingerprint density at radius 2 is 2.38 bits per heavy atom. The first-order chi connectivity index (χ1) is 3.91. The molecule has 0 aliphatic rings. The molecule has 0 atom stereocenters. The fourth-order valence-corrected chi connectivity index (χ4v) is 0.931. The summed E-state index contributed by atoms with van der Waals surface area (Å²) in [5.41, 5.74) is 0. The van der Waals surface area contributed by atoms with Gasteiger partial charge in [0.15, 0.2) is 0 Å². The summed E-state index contributed by atoms with van der Waals surface area (Å²) >= 11 is 1.84. The summed E-state index contributed by atoms with van der Waals surface area (Å²) < 4.78 is 0. The molecule has 0 nitrogen and oxygen atoms in total. The lowest BCUT2D eigenvalue weighted by atomic mass is 10.4. The van der Waals surface area contributed by atoms with Gasteiger partial charge < -0.3 is 0 Å². The number of hydrogen-bond acceptors (Lipinski definition) is 1. The number of rotatable bonds is 4. The predicted octanol–water partition coefficient (Wildman–Crippen LogP) is 1.97. The molecule has 0 aliphatic carbocycles. The number of thioether (sulfide) groups is 1. The molecule has 0 unspecified atom stereocenters. The van der Waals surface area contributed by atoms with E-state index in [1.807, 2.05) is 11.8 Å². The maximum Gasteiger partial charge on any atom is 0.00939 e. The van der Waals surface area contributed by atoms with Crippen molar-refractivity contribution in [2.45, 2.75) is 12.8 Å². The van der Waals surface area contributed by atoms with Gasteiger partial charge in [-0.25, -0.2) is 0 Å². The SMILES string of the molecule is C#CCCCSC[CH2]. The Hall–Kier alpha value is -0.0900. The van der Waals surface area contributed by atoms with Crippen LogP contribution in [0.15, 0.2) is 0 Å². The Labute approximate surface area is 56.1 Å². The van der Waals surface area contributed by atoms with E-state index in [1.165, 1.54) is 0 Å². The number of hydrogen-bond donors (Lipinski definition) is 0. The highest BCUT2D eigenvalue weighted by Gasteiger charge is 1.81. The van der Waals surface area contributed by atoms with Crippen LogP contribution in [-0.4, -0.2) is 11.5 Å².